The van der Waals surface area contributed by atoms with Crippen LogP contribution in [0.3, 0.4) is 0 Å². The first-order valence-electron chi connectivity index (χ1n) is 8.06. The van der Waals surface area contributed by atoms with E-state index < -0.39 is 0 Å². The Hall–Kier alpha value is -1.62. The fourth-order valence-electron chi connectivity index (χ4n) is 2.34. The van der Waals surface area contributed by atoms with Gasteiger partial charge in [-0.05, 0) is 57.9 Å². The van der Waals surface area contributed by atoms with E-state index in [2.05, 4.69) is 24.3 Å². The van der Waals surface area contributed by atoms with E-state index in [0.29, 0.717) is 17.1 Å². The van der Waals surface area contributed by atoms with Crippen molar-refractivity contribution < 1.29 is 9.13 Å². The predicted octanol–water partition coefficient (Wildman–Crippen LogP) is 4.10. The molecule has 2 aromatic carbocycles. The van der Waals surface area contributed by atoms with Crippen LogP contribution in [0.4, 0.5) is 4.39 Å². The zero-order valence-corrected chi connectivity index (χ0v) is 14.9. The van der Waals surface area contributed by atoms with E-state index in [9.17, 15) is 4.39 Å². The van der Waals surface area contributed by atoms with E-state index in [1.165, 1.54) is 6.07 Å². The molecule has 0 bridgehead atoms. The van der Waals surface area contributed by atoms with Gasteiger partial charge in [-0.3, -0.25) is 0 Å². The number of ether oxygens (including phenoxy) is 1. The molecule has 0 heterocycles. The Bertz CT molecular complexity index is 649. The Morgan fingerprint density at radius 1 is 1.12 bits per heavy atom. The normalized spacial score (nSPS) is 11.0. The maximum absolute atomic E-state index is 13.7. The van der Waals surface area contributed by atoms with Crippen molar-refractivity contribution in [2.75, 3.05) is 27.2 Å². The fraction of sp³-hybridized carbons (Fsp3) is 0.368. The van der Waals surface area contributed by atoms with Gasteiger partial charge in [0.05, 0.1) is 0 Å². The zero-order chi connectivity index (χ0) is 17.4. The first kappa shape index (κ1) is 18.7. The predicted molar refractivity (Wildman–Crippen MR) is 97.1 cm³/mol. The molecule has 0 saturated carbocycles. The summed E-state index contributed by atoms with van der Waals surface area (Å²) < 4.78 is 19.5. The number of nitrogens with zero attached hydrogens (tertiary/aromatic N) is 1. The van der Waals surface area contributed by atoms with Crippen molar-refractivity contribution in [3.05, 3.63) is 64.4 Å². The highest BCUT2D eigenvalue weighted by molar-refractivity contribution is 6.30. The third kappa shape index (κ3) is 6.11. The summed E-state index contributed by atoms with van der Waals surface area (Å²) in [5, 5.41) is 4.06. The Balaban J connectivity index is 1.93. The minimum atomic E-state index is -0.255. The standard InChI is InChI=1S/C19H24ClFN2O/c1-23(2)11-5-10-22-13-16-12-17(20)8-9-19(16)24-14-15-6-3-4-7-18(15)21/h3-4,6-9,12,22H,5,10-11,13-14H2,1-2H3. The van der Waals surface area contributed by atoms with Crippen LogP contribution in [0.1, 0.15) is 17.5 Å². The molecule has 1 N–H and O–H groups in total. The highest BCUT2D eigenvalue weighted by Crippen LogP contribution is 2.24. The first-order chi connectivity index (χ1) is 11.6. The first-order valence-corrected chi connectivity index (χ1v) is 8.44. The Morgan fingerprint density at radius 3 is 2.67 bits per heavy atom. The van der Waals surface area contributed by atoms with E-state index in [1.54, 1.807) is 24.3 Å². The van der Waals surface area contributed by atoms with Crippen molar-refractivity contribution in [3.8, 4) is 5.75 Å². The quantitative estimate of drug-likeness (QED) is 0.689. The summed E-state index contributed by atoms with van der Waals surface area (Å²) in [6.07, 6.45) is 1.07. The summed E-state index contributed by atoms with van der Waals surface area (Å²) in [5.74, 6) is 0.470. The molecule has 2 rings (SSSR count). The molecule has 0 fully saturated rings. The Labute approximate surface area is 148 Å². The van der Waals surface area contributed by atoms with Crippen molar-refractivity contribution in [2.45, 2.75) is 19.6 Å². The van der Waals surface area contributed by atoms with Gasteiger partial charge in [-0.15, -0.1) is 0 Å². The third-order valence-corrected chi connectivity index (χ3v) is 3.87. The second kappa shape index (κ2) is 9.62. The van der Waals surface area contributed by atoms with Gasteiger partial charge in [0.25, 0.3) is 0 Å². The molecule has 3 nitrogen and oxygen atoms in total. The van der Waals surface area contributed by atoms with E-state index in [0.717, 1.165) is 30.8 Å². The van der Waals surface area contributed by atoms with E-state index in [1.807, 2.05) is 12.1 Å². The van der Waals surface area contributed by atoms with Crippen LogP contribution in [-0.2, 0) is 13.2 Å². The largest absolute Gasteiger partial charge is 0.488 e. The molecule has 0 atom stereocenters. The summed E-state index contributed by atoms with van der Waals surface area (Å²) in [4.78, 5) is 2.16. The highest BCUT2D eigenvalue weighted by Gasteiger charge is 2.07. The van der Waals surface area contributed by atoms with Crippen LogP contribution in [0.2, 0.25) is 5.02 Å². The van der Waals surface area contributed by atoms with E-state index >= 15 is 0 Å². The number of hydrogen-bond acceptors (Lipinski definition) is 3. The molecule has 24 heavy (non-hydrogen) atoms. The van der Waals surface area contributed by atoms with Gasteiger partial charge >= 0.3 is 0 Å². The van der Waals surface area contributed by atoms with Gasteiger partial charge in [-0.1, -0.05) is 29.8 Å². The van der Waals surface area contributed by atoms with E-state index in [-0.39, 0.29) is 12.4 Å². The topological polar surface area (TPSA) is 24.5 Å². The Kier molecular flexibility index (Phi) is 7.50. The maximum atomic E-state index is 13.7. The van der Waals surface area contributed by atoms with Crippen molar-refractivity contribution in [1.82, 2.24) is 10.2 Å². The molecular weight excluding hydrogens is 327 g/mol. The lowest BCUT2D eigenvalue weighted by molar-refractivity contribution is 0.296. The van der Waals surface area contributed by atoms with E-state index in [4.69, 9.17) is 16.3 Å². The lowest BCUT2D eigenvalue weighted by Gasteiger charge is -2.14. The minimum absolute atomic E-state index is 0.196. The SMILES string of the molecule is CN(C)CCCNCc1cc(Cl)ccc1OCc1ccccc1F. The van der Waals surface area contributed by atoms with Gasteiger partial charge < -0.3 is 15.0 Å². The summed E-state index contributed by atoms with van der Waals surface area (Å²) in [6, 6.07) is 12.1. The molecule has 0 amide bonds. The summed E-state index contributed by atoms with van der Waals surface area (Å²) in [7, 11) is 4.12. The summed E-state index contributed by atoms with van der Waals surface area (Å²) >= 11 is 6.09. The molecule has 2 aromatic rings. The lowest BCUT2D eigenvalue weighted by Crippen LogP contribution is -2.21. The summed E-state index contributed by atoms with van der Waals surface area (Å²) in [5.41, 5.74) is 1.51. The van der Waals surface area contributed by atoms with Crippen molar-refractivity contribution in [3.63, 3.8) is 0 Å². The van der Waals surface area contributed by atoms with Crippen molar-refractivity contribution in [2.24, 2.45) is 0 Å². The van der Waals surface area contributed by atoms with Crippen LogP contribution in [-0.4, -0.2) is 32.1 Å². The lowest BCUT2D eigenvalue weighted by atomic mass is 10.2. The van der Waals surface area contributed by atoms with Crippen LogP contribution < -0.4 is 10.1 Å². The maximum Gasteiger partial charge on any atom is 0.129 e. The number of nitrogens with one attached hydrogen (secondary N) is 1. The third-order valence-electron chi connectivity index (χ3n) is 3.64. The van der Waals surface area contributed by atoms with Gasteiger partial charge in [0.2, 0.25) is 0 Å². The average Bonchev–Trinajstić information content (AvgIpc) is 2.55. The number of halogens is 2. The molecule has 0 aliphatic rings. The van der Waals surface area contributed by atoms with Gasteiger partial charge in [-0.2, -0.15) is 0 Å². The second-order valence-electron chi connectivity index (χ2n) is 5.97. The second-order valence-corrected chi connectivity index (χ2v) is 6.40. The van der Waals surface area contributed by atoms with Crippen molar-refractivity contribution in [1.29, 1.82) is 0 Å². The van der Waals surface area contributed by atoms with Crippen LogP contribution >= 0.6 is 11.6 Å². The molecule has 5 heteroatoms. The average molecular weight is 351 g/mol. The molecular formula is C19H24ClFN2O. The zero-order valence-electron chi connectivity index (χ0n) is 14.2. The smallest absolute Gasteiger partial charge is 0.129 e. The molecule has 0 aliphatic heterocycles. The molecule has 0 aliphatic carbocycles. The van der Waals surface area contributed by atoms with Crippen molar-refractivity contribution >= 4 is 11.6 Å². The molecule has 0 saturated heterocycles. The number of rotatable bonds is 9. The van der Waals surface area contributed by atoms with Crippen LogP contribution in [0.15, 0.2) is 42.5 Å². The molecule has 0 spiro atoms. The molecule has 130 valence electrons. The van der Waals surface area contributed by atoms with Crippen LogP contribution in [0.25, 0.3) is 0 Å². The molecule has 0 radical (unpaired) electrons. The Morgan fingerprint density at radius 2 is 1.92 bits per heavy atom. The monoisotopic (exact) mass is 350 g/mol. The van der Waals surface area contributed by atoms with Gasteiger partial charge in [0, 0.05) is 22.7 Å². The van der Waals surface area contributed by atoms with Gasteiger partial charge in [-0.25, -0.2) is 4.39 Å². The number of hydrogen-bond donors (Lipinski definition) is 1. The minimum Gasteiger partial charge on any atom is -0.488 e. The fourth-order valence-corrected chi connectivity index (χ4v) is 2.54. The molecule has 0 unspecified atom stereocenters. The molecule has 0 aromatic heterocycles. The van der Waals surface area contributed by atoms with Gasteiger partial charge in [0.15, 0.2) is 0 Å². The summed E-state index contributed by atoms with van der Waals surface area (Å²) in [6.45, 7) is 2.82. The highest BCUT2D eigenvalue weighted by atomic mass is 35.5. The van der Waals surface area contributed by atoms with Gasteiger partial charge in [0.1, 0.15) is 18.2 Å². The van der Waals surface area contributed by atoms with Crippen LogP contribution in [0.5, 0.6) is 5.75 Å². The number of benzene rings is 2. The van der Waals surface area contributed by atoms with Crippen LogP contribution in [0, 0.1) is 5.82 Å².